The number of rotatable bonds is 4. The molecule has 7 nitrogen and oxygen atoms in total. The zero-order valence-electron chi connectivity index (χ0n) is 17.6. The third-order valence-corrected chi connectivity index (χ3v) is 5.73. The number of halogens is 2. The van der Waals surface area contributed by atoms with Gasteiger partial charge >= 0.3 is 6.09 Å². The average Bonchev–Trinajstić information content (AvgIpc) is 3.20. The van der Waals surface area contributed by atoms with E-state index in [0.717, 1.165) is 0 Å². The fourth-order valence-corrected chi connectivity index (χ4v) is 3.96. The zero-order valence-corrected chi connectivity index (χ0v) is 19.1. The maximum Gasteiger partial charge on any atom is 0.410 e. The van der Waals surface area contributed by atoms with Gasteiger partial charge in [0.15, 0.2) is 0 Å². The Morgan fingerprint density at radius 2 is 1.90 bits per heavy atom. The Morgan fingerprint density at radius 3 is 2.55 bits per heavy atom. The number of nitrogens with zero attached hydrogens (tertiary/aromatic N) is 2. The van der Waals surface area contributed by atoms with Crippen molar-refractivity contribution in [3.63, 3.8) is 0 Å². The van der Waals surface area contributed by atoms with Crippen molar-refractivity contribution in [1.29, 1.82) is 0 Å². The van der Waals surface area contributed by atoms with E-state index in [2.05, 4.69) is 10.3 Å². The monoisotopic (exact) mass is 465 g/mol. The van der Waals surface area contributed by atoms with Crippen LogP contribution < -0.4 is 5.32 Å². The van der Waals surface area contributed by atoms with E-state index >= 15 is 0 Å². The van der Waals surface area contributed by atoms with E-state index in [9.17, 15) is 14.7 Å². The molecule has 2 atom stereocenters. The second-order valence-corrected chi connectivity index (χ2v) is 9.13. The van der Waals surface area contributed by atoms with Crippen LogP contribution >= 0.6 is 23.2 Å². The third-order valence-electron chi connectivity index (χ3n) is 4.91. The number of carbonyl (C=O) groups excluding carboxylic acids is 2. The summed E-state index contributed by atoms with van der Waals surface area (Å²) in [5.41, 5.74) is 0.264. The maximum atomic E-state index is 13.3. The van der Waals surface area contributed by atoms with Gasteiger partial charge in [-0.05, 0) is 63.4 Å². The summed E-state index contributed by atoms with van der Waals surface area (Å²) >= 11 is 12.6. The van der Waals surface area contributed by atoms with Crippen molar-refractivity contribution in [3.8, 4) is 5.75 Å². The fourth-order valence-electron chi connectivity index (χ4n) is 3.53. The number of nitrogens with one attached hydrogen (secondary N) is 1. The van der Waals surface area contributed by atoms with Gasteiger partial charge in [-0.1, -0.05) is 23.2 Å². The lowest BCUT2D eigenvalue weighted by molar-refractivity contribution is -0.126. The van der Waals surface area contributed by atoms with Crippen molar-refractivity contribution >= 4 is 35.2 Å². The van der Waals surface area contributed by atoms with Crippen LogP contribution in [-0.2, 0) is 9.53 Å². The lowest BCUT2D eigenvalue weighted by Crippen LogP contribution is -2.48. The van der Waals surface area contributed by atoms with Crippen LogP contribution in [0, 0.1) is 0 Å². The first-order chi connectivity index (χ1) is 14.6. The number of pyridine rings is 1. The summed E-state index contributed by atoms with van der Waals surface area (Å²) in [6.07, 6.45) is 3.80. The van der Waals surface area contributed by atoms with E-state index in [0.29, 0.717) is 24.9 Å². The SMILES string of the molecule is CC(C)(C)OC(=O)N1CCC[C@H]1C(=O)NC(c1ccncc1)c1c(O)ccc(Cl)c1Cl. The van der Waals surface area contributed by atoms with E-state index in [4.69, 9.17) is 27.9 Å². The van der Waals surface area contributed by atoms with Crippen LogP contribution in [0.4, 0.5) is 4.79 Å². The van der Waals surface area contributed by atoms with Gasteiger partial charge in [-0.2, -0.15) is 0 Å². The topological polar surface area (TPSA) is 91.8 Å². The van der Waals surface area contributed by atoms with Gasteiger partial charge in [-0.25, -0.2) is 4.79 Å². The molecule has 2 heterocycles. The van der Waals surface area contributed by atoms with E-state index < -0.39 is 23.8 Å². The number of ether oxygens (including phenoxy) is 1. The standard InChI is InChI=1S/C22H25Cl2N3O4/c1-22(2,3)31-21(30)27-12-4-5-15(27)20(29)26-19(13-8-10-25-11-9-13)17-16(28)7-6-14(23)18(17)24/h6-11,15,19,28H,4-5,12H2,1-3H3,(H,26,29)/t15-,19?/m0/s1. The van der Waals surface area contributed by atoms with Crippen LogP contribution in [0.1, 0.15) is 50.8 Å². The summed E-state index contributed by atoms with van der Waals surface area (Å²) in [6, 6.07) is 4.84. The van der Waals surface area contributed by atoms with E-state index in [1.54, 1.807) is 45.3 Å². The number of aromatic hydroxyl groups is 1. The van der Waals surface area contributed by atoms with Crippen LogP contribution in [-0.4, -0.2) is 45.2 Å². The number of hydrogen-bond acceptors (Lipinski definition) is 5. The molecule has 1 aromatic heterocycles. The Labute approximate surface area is 191 Å². The molecule has 1 fully saturated rings. The summed E-state index contributed by atoms with van der Waals surface area (Å²) in [7, 11) is 0. The predicted octanol–water partition coefficient (Wildman–Crippen LogP) is 4.70. The van der Waals surface area contributed by atoms with Gasteiger partial charge in [0.05, 0.1) is 16.1 Å². The van der Waals surface area contributed by atoms with Gasteiger partial charge < -0.3 is 15.2 Å². The summed E-state index contributed by atoms with van der Waals surface area (Å²) in [5, 5.41) is 13.8. The molecule has 0 radical (unpaired) electrons. The Bertz CT molecular complexity index is 963. The maximum absolute atomic E-state index is 13.3. The second-order valence-electron chi connectivity index (χ2n) is 8.35. The average molecular weight is 466 g/mol. The number of carbonyl (C=O) groups is 2. The Balaban J connectivity index is 1.91. The smallest absolute Gasteiger partial charge is 0.410 e. The predicted molar refractivity (Wildman–Crippen MR) is 118 cm³/mol. The lowest BCUT2D eigenvalue weighted by atomic mass is 9.97. The van der Waals surface area contributed by atoms with Crippen LogP contribution in [0.5, 0.6) is 5.75 Å². The molecule has 31 heavy (non-hydrogen) atoms. The quantitative estimate of drug-likeness (QED) is 0.682. The third kappa shape index (κ3) is 5.40. The molecule has 1 aliphatic rings. The molecule has 1 aromatic carbocycles. The minimum absolute atomic E-state index is 0.105. The van der Waals surface area contributed by atoms with E-state index in [1.807, 2.05) is 0 Å². The number of phenolic OH excluding ortho intramolecular Hbond substituents is 1. The number of hydrogen-bond donors (Lipinski definition) is 2. The molecule has 0 spiro atoms. The summed E-state index contributed by atoms with van der Waals surface area (Å²) in [6.45, 7) is 5.76. The first kappa shape index (κ1) is 23.2. The first-order valence-corrected chi connectivity index (χ1v) is 10.7. The van der Waals surface area contributed by atoms with Crippen LogP contribution in [0.2, 0.25) is 10.0 Å². The number of amides is 2. The minimum Gasteiger partial charge on any atom is -0.508 e. The lowest BCUT2D eigenvalue weighted by Gasteiger charge is -2.29. The minimum atomic E-state index is -0.789. The molecule has 0 aliphatic carbocycles. The highest BCUT2D eigenvalue weighted by molar-refractivity contribution is 6.42. The van der Waals surface area contributed by atoms with E-state index in [-0.39, 0.29) is 27.3 Å². The molecular weight excluding hydrogens is 441 g/mol. The van der Waals surface area contributed by atoms with Crippen LogP contribution in [0.15, 0.2) is 36.7 Å². The molecule has 0 bridgehead atoms. The molecule has 0 saturated carbocycles. The Kier molecular flexibility index (Phi) is 6.96. The summed E-state index contributed by atoms with van der Waals surface area (Å²) < 4.78 is 5.45. The molecule has 1 saturated heterocycles. The van der Waals surface area contributed by atoms with Crippen molar-refractivity contribution < 1.29 is 19.4 Å². The number of likely N-dealkylation sites (tertiary alicyclic amines) is 1. The Morgan fingerprint density at radius 1 is 1.23 bits per heavy atom. The molecule has 2 amide bonds. The van der Waals surface area contributed by atoms with Gasteiger partial charge in [0, 0.05) is 24.5 Å². The molecule has 2 aromatic rings. The molecule has 2 N–H and O–H groups in total. The van der Waals surface area contributed by atoms with Crippen LogP contribution in [0.3, 0.4) is 0 Å². The number of benzene rings is 1. The van der Waals surface area contributed by atoms with Crippen molar-refractivity contribution in [2.24, 2.45) is 0 Å². The van der Waals surface area contributed by atoms with Crippen molar-refractivity contribution in [2.75, 3.05) is 6.54 Å². The highest BCUT2D eigenvalue weighted by atomic mass is 35.5. The van der Waals surface area contributed by atoms with Gasteiger partial charge in [-0.15, -0.1) is 0 Å². The summed E-state index contributed by atoms with van der Waals surface area (Å²) in [5.74, 6) is -0.479. The first-order valence-electron chi connectivity index (χ1n) is 9.95. The van der Waals surface area contributed by atoms with Gasteiger partial charge in [-0.3, -0.25) is 14.7 Å². The molecule has 3 rings (SSSR count). The largest absolute Gasteiger partial charge is 0.508 e. The van der Waals surface area contributed by atoms with Crippen molar-refractivity contribution in [3.05, 3.63) is 57.8 Å². The van der Waals surface area contributed by atoms with Crippen LogP contribution in [0.25, 0.3) is 0 Å². The van der Waals surface area contributed by atoms with Crippen molar-refractivity contribution in [2.45, 2.75) is 51.3 Å². The molecule has 166 valence electrons. The van der Waals surface area contributed by atoms with Gasteiger partial charge in [0.1, 0.15) is 17.4 Å². The normalized spacial score (nSPS) is 17.3. The summed E-state index contributed by atoms with van der Waals surface area (Å²) in [4.78, 5) is 31.3. The highest BCUT2D eigenvalue weighted by Gasteiger charge is 2.38. The fraction of sp³-hybridized carbons (Fsp3) is 0.409. The number of phenols is 1. The Hall–Kier alpha value is -2.51. The van der Waals surface area contributed by atoms with E-state index in [1.165, 1.54) is 17.0 Å². The zero-order chi connectivity index (χ0) is 22.8. The molecule has 1 unspecified atom stereocenters. The van der Waals surface area contributed by atoms with Gasteiger partial charge in [0.2, 0.25) is 5.91 Å². The molecule has 9 heteroatoms. The second kappa shape index (κ2) is 9.32. The molecule has 1 aliphatic heterocycles. The van der Waals surface area contributed by atoms with Gasteiger partial charge in [0.25, 0.3) is 0 Å². The van der Waals surface area contributed by atoms with Crippen molar-refractivity contribution in [1.82, 2.24) is 15.2 Å². The highest BCUT2D eigenvalue weighted by Crippen LogP contribution is 2.39. The molecular formula is C22H25Cl2N3O4. The number of aromatic nitrogens is 1.